The predicted molar refractivity (Wildman–Crippen MR) is 122 cm³/mol. The van der Waals surface area contributed by atoms with Crippen molar-refractivity contribution >= 4 is 17.1 Å². The van der Waals surface area contributed by atoms with Crippen LogP contribution in [0.2, 0.25) is 0 Å². The summed E-state index contributed by atoms with van der Waals surface area (Å²) >= 11 is 0. The summed E-state index contributed by atoms with van der Waals surface area (Å²) in [4.78, 5) is 14.4. The normalized spacial score (nSPS) is 15.3. The van der Waals surface area contributed by atoms with Gasteiger partial charge in [0.15, 0.2) is 0 Å². The van der Waals surface area contributed by atoms with Gasteiger partial charge in [-0.15, -0.1) is 10.2 Å². The predicted octanol–water partition coefficient (Wildman–Crippen LogP) is 3.91. The number of amides is 1. The van der Waals surface area contributed by atoms with E-state index in [1.165, 1.54) is 11.0 Å². The Hall–Kier alpha value is -4.48. The maximum absolute atomic E-state index is 13.2. The molecule has 0 saturated heterocycles. The number of aryl methyl sites for hydroxylation is 1. The number of fused-ring (bicyclic) bond motifs is 1. The third kappa shape index (κ3) is 3.82. The highest BCUT2D eigenvalue weighted by Crippen LogP contribution is 2.44. The zero-order chi connectivity index (χ0) is 24.2. The number of nitrogens with zero attached hydrogens (tertiary/aromatic N) is 7. The number of H-pyrrole nitrogens is 1. The Labute approximate surface area is 197 Å². The topological polar surface area (TPSA) is 119 Å². The SMILES string of the molecule is Cc1ccc(-c2nnn(C3CC(F)(F)C3)n2)cc1NC(=O)c1cnn2ccc(-c3cn[nH]c3)cc12. The van der Waals surface area contributed by atoms with Gasteiger partial charge in [0.05, 0.1) is 29.5 Å². The van der Waals surface area contributed by atoms with Gasteiger partial charge < -0.3 is 5.32 Å². The maximum atomic E-state index is 13.2. The monoisotopic (exact) mass is 475 g/mol. The fourth-order valence-corrected chi connectivity index (χ4v) is 4.12. The molecule has 0 bridgehead atoms. The molecular formula is C23H19F2N9O. The number of alkyl halides is 2. The van der Waals surface area contributed by atoms with Crippen LogP contribution in [0.15, 0.2) is 55.1 Å². The second-order valence-corrected chi connectivity index (χ2v) is 8.63. The molecule has 1 aliphatic carbocycles. The molecule has 0 spiro atoms. The van der Waals surface area contributed by atoms with Crippen molar-refractivity contribution in [1.29, 1.82) is 0 Å². The van der Waals surface area contributed by atoms with Crippen molar-refractivity contribution in [3.63, 3.8) is 0 Å². The first-order valence-corrected chi connectivity index (χ1v) is 10.9. The van der Waals surface area contributed by atoms with E-state index in [0.29, 0.717) is 28.2 Å². The van der Waals surface area contributed by atoms with Gasteiger partial charge >= 0.3 is 0 Å². The molecule has 12 heteroatoms. The third-order valence-electron chi connectivity index (χ3n) is 6.17. The number of tetrazole rings is 1. The van der Waals surface area contributed by atoms with E-state index in [4.69, 9.17) is 0 Å². The summed E-state index contributed by atoms with van der Waals surface area (Å²) in [6.07, 6.45) is 6.20. The van der Waals surface area contributed by atoms with E-state index in [-0.39, 0.29) is 18.7 Å². The molecule has 5 aromatic rings. The van der Waals surface area contributed by atoms with E-state index in [2.05, 4.69) is 36.0 Å². The number of rotatable bonds is 5. The van der Waals surface area contributed by atoms with Crippen molar-refractivity contribution in [1.82, 2.24) is 40.0 Å². The largest absolute Gasteiger partial charge is 0.322 e. The minimum Gasteiger partial charge on any atom is -0.322 e. The number of pyridine rings is 1. The molecular weight excluding hydrogens is 456 g/mol. The smallest absolute Gasteiger partial charge is 0.259 e. The molecule has 4 aromatic heterocycles. The molecule has 176 valence electrons. The molecule has 35 heavy (non-hydrogen) atoms. The Kier molecular flexibility index (Phi) is 4.69. The summed E-state index contributed by atoms with van der Waals surface area (Å²) in [6, 6.07) is 8.68. The summed E-state index contributed by atoms with van der Waals surface area (Å²) in [5, 5.41) is 26.2. The molecule has 0 atom stereocenters. The van der Waals surface area contributed by atoms with Crippen LogP contribution >= 0.6 is 0 Å². The summed E-state index contributed by atoms with van der Waals surface area (Å²) in [6.45, 7) is 1.87. The first kappa shape index (κ1) is 21.1. The molecule has 6 rings (SSSR count). The highest BCUT2D eigenvalue weighted by atomic mass is 19.3. The number of halogens is 2. The minimum absolute atomic E-state index is 0.292. The van der Waals surface area contributed by atoms with Gasteiger partial charge in [0.1, 0.15) is 0 Å². The Morgan fingerprint density at radius 3 is 2.77 bits per heavy atom. The molecule has 1 fully saturated rings. The maximum Gasteiger partial charge on any atom is 0.259 e. The Balaban J connectivity index is 1.26. The molecule has 10 nitrogen and oxygen atoms in total. The Bertz CT molecular complexity index is 1550. The number of hydrogen-bond donors (Lipinski definition) is 2. The lowest BCUT2D eigenvalue weighted by Crippen LogP contribution is -2.38. The van der Waals surface area contributed by atoms with Gasteiger partial charge in [-0.05, 0) is 41.5 Å². The second kappa shape index (κ2) is 7.79. The van der Waals surface area contributed by atoms with E-state index in [9.17, 15) is 13.6 Å². The Morgan fingerprint density at radius 2 is 2.00 bits per heavy atom. The molecule has 1 aliphatic rings. The lowest BCUT2D eigenvalue weighted by Gasteiger charge is -2.33. The number of nitrogens with one attached hydrogen (secondary N) is 2. The molecule has 1 amide bonds. The van der Waals surface area contributed by atoms with E-state index < -0.39 is 12.0 Å². The lowest BCUT2D eigenvalue weighted by molar-refractivity contribution is -0.110. The van der Waals surface area contributed by atoms with Crippen LogP contribution in [0.1, 0.15) is 34.8 Å². The Morgan fingerprint density at radius 1 is 1.14 bits per heavy atom. The summed E-state index contributed by atoms with van der Waals surface area (Å²) in [5.41, 5.74) is 4.89. The van der Waals surface area contributed by atoms with Crippen LogP contribution in [0.5, 0.6) is 0 Å². The highest BCUT2D eigenvalue weighted by Gasteiger charge is 2.47. The number of aromatic amines is 1. The molecule has 0 aliphatic heterocycles. The fraction of sp³-hybridized carbons (Fsp3) is 0.217. The van der Waals surface area contributed by atoms with E-state index in [0.717, 1.165) is 16.7 Å². The van der Waals surface area contributed by atoms with Gasteiger partial charge in [-0.3, -0.25) is 9.89 Å². The van der Waals surface area contributed by atoms with Crippen LogP contribution in [-0.4, -0.2) is 51.8 Å². The first-order chi connectivity index (χ1) is 16.9. The number of carbonyl (C=O) groups is 1. The van der Waals surface area contributed by atoms with Gasteiger partial charge in [0.25, 0.3) is 11.8 Å². The highest BCUT2D eigenvalue weighted by molar-refractivity contribution is 6.09. The lowest BCUT2D eigenvalue weighted by atomic mass is 9.89. The van der Waals surface area contributed by atoms with E-state index in [1.807, 2.05) is 25.1 Å². The van der Waals surface area contributed by atoms with Crippen molar-refractivity contribution in [2.45, 2.75) is 31.7 Å². The van der Waals surface area contributed by atoms with Crippen molar-refractivity contribution in [2.75, 3.05) is 5.32 Å². The van der Waals surface area contributed by atoms with Crippen molar-refractivity contribution < 1.29 is 13.6 Å². The summed E-state index contributed by atoms with van der Waals surface area (Å²) in [7, 11) is 0. The average Bonchev–Trinajstić information content (AvgIpc) is 3.58. The van der Waals surface area contributed by atoms with Crippen LogP contribution < -0.4 is 5.32 Å². The quantitative estimate of drug-likeness (QED) is 0.398. The van der Waals surface area contributed by atoms with Crippen LogP contribution in [0.3, 0.4) is 0 Å². The summed E-state index contributed by atoms with van der Waals surface area (Å²) < 4.78 is 28.0. The van der Waals surface area contributed by atoms with Crippen LogP contribution in [0.25, 0.3) is 28.0 Å². The van der Waals surface area contributed by atoms with Crippen molar-refractivity contribution in [3.05, 3.63) is 66.2 Å². The molecule has 1 aromatic carbocycles. The standard InChI is InChI=1S/C23H19F2N9O/c1-13-2-3-15(21-30-32-34(31-21)17-8-23(24,25)9-17)6-19(13)29-22(35)18-12-28-33-5-4-14(7-20(18)33)16-10-26-27-11-16/h2-7,10-12,17H,8-9H2,1H3,(H,26,27)(H,29,35). The molecule has 1 saturated carbocycles. The number of anilines is 1. The molecule has 0 unspecified atom stereocenters. The van der Waals surface area contributed by atoms with Gasteiger partial charge in [-0.25, -0.2) is 13.3 Å². The molecule has 2 N–H and O–H groups in total. The number of aromatic nitrogens is 8. The average molecular weight is 475 g/mol. The molecule has 4 heterocycles. The summed E-state index contributed by atoms with van der Waals surface area (Å²) in [5.74, 6) is -2.69. The van der Waals surface area contributed by atoms with Crippen molar-refractivity contribution in [2.24, 2.45) is 0 Å². The van der Waals surface area contributed by atoms with E-state index >= 15 is 0 Å². The van der Waals surface area contributed by atoms with Gasteiger partial charge in [-0.2, -0.15) is 15.0 Å². The molecule has 0 radical (unpaired) electrons. The third-order valence-corrected chi connectivity index (χ3v) is 6.17. The zero-order valence-corrected chi connectivity index (χ0v) is 18.5. The van der Waals surface area contributed by atoms with Gasteiger partial charge in [0, 0.05) is 42.0 Å². The van der Waals surface area contributed by atoms with Gasteiger partial charge in [0.2, 0.25) is 5.82 Å². The number of carbonyl (C=O) groups excluding carboxylic acids is 1. The van der Waals surface area contributed by atoms with Crippen LogP contribution in [0, 0.1) is 6.92 Å². The van der Waals surface area contributed by atoms with Crippen molar-refractivity contribution in [3.8, 4) is 22.5 Å². The zero-order valence-electron chi connectivity index (χ0n) is 18.5. The minimum atomic E-state index is -2.67. The fourth-order valence-electron chi connectivity index (χ4n) is 4.12. The van der Waals surface area contributed by atoms with E-state index in [1.54, 1.807) is 35.2 Å². The second-order valence-electron chi connectivity index (χ2n) is 8.63. The van der Waals surface area contributed by atoms with Crippen LogP contribution in [-0.2, 0) is 0 Å². The number of hydrogen-bond acceptors (Lipinski definition) is 6. The van der Waals surface area contributed by atoms with Gasteiger partial charge in [-0.1, -0.05) is 12.1 Å². The number of benzene rings is 1. The first-order valence-electron chi connectivity index (χ1n) is 10.9. The van der Waals surface area contributed by atoms with Crippen LogP contribution in [0.4, 0.5) is 14.5 Å².